The van der Waals surface area contributed by atoms with Crippen molar-refractivity contribution in [2.24, 2.45) is 0 Å². The average molecular weight is 419 g/mol. The van der Waals surface area contributed by atoms with E-state index in [0.717, 1.165) is 43.9 Å². The van der Waals surface area contributed by atoms with E-state index in [1.165, 1.54) is 17.7 Å². The molecule has 0 spiro atoms. The van der Waals surface area contributed by atoms with Crippen molar-refractivity contribution in [1.29, 1.82) is 0 Å². The number of carbonyl (C=O) groups is 1. The van der Waals surface area contributed by atoms with Crippen molar-refractivity contribution < 1.29 is 13.9 Å². The molecule has 3 aromatic carbocycles. The van der Waals surface area contributed by atoms with Gasteiger partial charge in [0, 0.05) is 36.9 Å². The third kappa shape index (κ3) is 5.12. The normalized spacial score (nSPS) is 14.9. The van der Waals surface area contributed by atoms with Gasteiger partial charge in [-0.15, -0.1) is 0 Å². The summed E-state index contributed by atoms with van der Waals surface area (Å²) in [7, 11) is 1.67. The van der Waals surface area contributed by atoms with E-state index < -0.39 is 0 Å². The Bertz CT molecular complexity index is 982. The quantitative estimate of drug-likeness (QED) is 0.555. The second-order valence-corrected chi connectivity index (χ2v) is 7.87. The highest BCUT2D eigenvalue weighted by atomic mass is 19.1. The van der Waals surface area contributed by atoms with E-state index >= 15 is 0 Å². The molecule has 0 atom stereocenters. The SMILES string of the molecule is COc1ccc(CN2CCC(N(C(=O)c3ccccc3)c3ccc(F)cc3)CC2)cc1. The molecule has 0 unspecified atom stereocenters. The van der Waals surface area contributed by atoms with Crippen LogP contribution in [0.4, 0.5) is 10.1 Å². The van der Waals surface area contributed by atoms with Crippen LogP contribution in [0.2, 0.25) is 0 Å². The Morgan fingerprint density at radius 2 is 1.61 bits per heavy atom. The predicted molar refractivity (Wildman–Crippen MR) is 121 cm³/mol. The number of carbonyl (C=O) groups excluding carboxylic acids is 1. The molecule has 1 saturated heterocycles. The Hall–Kier alpha value is -3.18. The van der Waals surface area contributed by atoms with Gasteiger partial charge in [-0.3, -0.25) is 9.69 Å². The van der Waals surface area contributed by atoms with Gasteiger partial charge in [0.1, 0.15) is 11.6 Å². The second-order valence-electron chi connectivity index (χ2n) is 7.87. The van der Waals surface area contributed by atoms with Gasteiger partial charge in [0.15, 0.2) is 0 Å². The Morgan fingerprint density at radius 1 is 0.968 bits per heavy atom. The molecule has 0 N–H and O–H groups in total. The molecule has 0 aliphatic carbocycles. The van der Waals surface area contributed by atoms with Crippen LogP contribution in [0, 0.1) is 5.82 Å². The van der Waals surface area contributed by atoms with E-state index in [0.29, 0.717) is 5.56 Å². The van der Waals surface area contributed by atoms with E-state index in [9.17, 15) is 9.18 Å². The number of halogens is 1. The van der Waals surface area contributed by atoms with Crippen LogP contribution < -0.4 is 9.64 Å². The van der Waals surface area contributed by atoms with Gasteiger partial charge >= 0.3 is 0 Å². The molecule has 4 rings (SSSR count). The molecule has 160 valence electrons. The minimum atomic E-state index is -0.301. The summed E-state index contributed by atoms with van der Waals surface area (Å²) in [6, 6.07) is 23.7. The van der Waals surface area contributed by atoms with Crippen LogP contribution in [0.15, 0.2) is 78.9 Å². The molecule has 0 aromatic heterocycles. The van der Waals surface area contributed by atoms with Crippen LogP contribution in [0.1, 0.15) is 28.8 Å². The summed E-state index contributed by atoms with van der Waals surface area (Å²) in [6.07, 6.45) is 1.73. The molecule has 0 radical (unpaired) electrons. The summed E-state index contributed by atoms with van der Waals surface area (Å²) >= 11 is 0. The maximum atomic E-state index is 13.5. The maximum absolute atomic E-state index is 13.5. The van der Waals surface area contributed by atoms with E-state index in [1.54, 1.807) is 19.2 Å². The van der Waals surface area contributed by atoms with E-state index in [4.69, 9.17) is 4.74 Å². The first kappa shape index (κ1) is 21.1. The van der Waals surface area contributed by atoms with Gasteiger partial charge in [0.25, 0.3) is 5.91 Å². The molecule has 1 aliphatic heterocycles. The van der Waals surface area contributed by atoms with E-state index in [1.807, 2.05) is 47.4 Å². The summed E-state index contributed by atoms with van der Waals surface area (Å²) in [5.74, 6) is 0.516. The van der Waals surface area contributed by atoms with E-state index in [-0.39, 0.29) is 17.8 Å². The topological polar surface area (TPSA) is 32.8 Å². The molecule has 0 saturated carbocycles. The van der Waals surface area contributed by atoms with Gasteiger partial charge < -0.3 is 9.64 Å². The minimum Gasteiger partial charge on any atom is -0.497 e. The van der Waals surface area contributed by atoms with Gasteiger partial charge in [0.2, 0.25) is 0 Å². The van der Waals surface area contributed by atoms with Gasteiger partial charge in [-0.25, -0.2) is 4.39 Å². The zero-order valence-corrected chi connectivity index (χ0v) is 17.7. The largest absolute Gasteiger partial charge is 0.497 e. The number of methoxy groups -OCH3 is 1. The number of amides is 1. The number of hydrogen-bond acceptors (Lipinski definition) is 3. The van der Waals surface area contributed by atoms with Crippen LogP contribution in [0.5, 0.6) is 5.75 Å². The highest BCUT2D eigenvalue weighted by Gasteiger charge is 2.30. The van der Waals surface area contributed by atoms with Crippen molar-refractivity contribution in [3.05, 3.63) is 95.8 Å². The van der Waals surface area contributed by atoms with Gasteiger partial charge in [-0.1, -0.05) is 30.3 Å². The van der Waals surface area contributed by atoms with Crippen LogP contribution >= 0.6 is 0 Å². The molecule has 0 bridgehead atoms. The zero-order valence-electron chi connectivity index (χ0n) is 17.7. The van der Waals surface area contributed by atoms with Crippen LogP contribution in [-0.4, -0.2) is 37.0 Å². The fraction of sp³-hybridized carbons (Fsp3) is 0.269. The number of nitrogens with zero attached hydrogens (tertiary/aromatic N) is 2. The maximum Gasteiger partial charge on any atom is 0.258 e. The van der Waals surface area contributed by atoms with Gasteiger partial charge in [0.05, 0.1) is 7.11 Å². The third-order valence-corrected chi connectivity index (χ3v) is 5.83. The number of ether oxygens (including phenoxy) is 1. The highest BCUT2D eigenvalue weighted by Crippen LogP contribution is 2.27. The standard InChI is InChI=1S/C26H27FN2O2/c1-31-25-13-7-20(8-14-25)19-28-17-15-24(16-18-28)29(23-11-9-22(27)10-12-23)26(30)21-5-3-2-4-6-21/h2-14,24H,15-19H2,1H3. The lowest BCUT2D eigenvalue weighted by Gasteiger charge is -2.38. The van der Waals surface area contributed by atoms with Crippen molar-refractivity contribution in [3.63, 3.8) is 0 Å². The number of piperidine rings is 1. The summed E-state index contributed by atoms with van der Waals surface area (Å²) < 4.78 is 18.7. The summed E-state index contributed by atoms with van der Waals surface area (Å²) in [4.78, 5) is 17.6. The third-order valence-electron chi connectivity index (χ3n) is 5.83. The predicted octanol–water partition coefficient (Wildman–Crippen LogP) is 5.15. The molecule has 5 heteroatoms. The molecular formula is C26H27FN2O2. The average Bonchev–Trinajstić information content (AvgIpc) is 2.82. The van der Waals surface area contributed by atoms with Crippen molar-refractivity contribution in [1.82, 2.24) is 4.90 Å². The Balaban J connectivity index is 1.47. The fourth-order valence-electron chi connectivity index (χ4n) is 4.14. The lowest BCUT2D eigenvalue weighted by molar-refractivity contribution is 0.0958. The number of likely N-dealkylation sites (tertiary alicyclic amines) is 1. The summed E-state index contributed by atoms with van der Waals surface area (Å²) in [5, 5.41) is 0. The molecule has 4 nitrogen and oxygen atoms in total. The molecule has 1 fully saturated rings. The molecule has 1 aliphatic rings. The van der Waals surface area contributed by atoms with Crippen molar-refractivity contribution in [2.75, 3.05) is 25.1 Å². The Kier molecular flexibility index (Phi) is 6.63. The smallest absolute Gasteiger partial charge is 0.258 e. The minimum absolute atomic E-state index is 0.0409. The molecule has 1 heterocycles. The number of anilines is 1. The van der Waals surface area contributed by atoms with Crippen LogP contribution in [0.3, 0.4) is 0 Å². The first-order valence-corrected chi connectivity index (χ1v) is 10.6. The first-order chi connectivity index (χ1) is 15.1. The second kappa shape index (κ2) is 9.75. The first-order valence-electron chi connectivity index (χ1n) is 10.6. The monoisotopic (exact) mass is 418 g/mol. The molecule has 31 heavy (non-hydrogen) atoms. The van der Waals surface area contributed by atoms with Crippen molar-refractivity contribution >= 4 is 11.6 Å². The zero-order chi connectivity index (χ0) is 21.6. The van der Waals surface area contributed by atoms with Gasteiger partial charge in [-0.05, 0) is 66.9 Å². The lowest BCUT2D eigenvalue weighted by Crippen LogP contribution is -2.47. The number of benzene rings is 3. The van der Waals surface area contributed by atoms with E-state index in [2.05, 4.69) is 17.0 Å². The Morgan fingerprint density at radius 3 is 2.23 bits per heavy atom. The van der Waals surface area contributed by atoms with Gasteiger partial charge in [-0.2, -0.15) is 0 Å². The molecule has 1 amide bonds. The molecular weight excluding hydrogens is 391 g/mol. The molecule has 3 aromatic rings. The summed E-state index contributed by atoms with van der Waals surface area (Å²) in [6.45, 7) is 2.67. The Labute approximate surface area is 182 Å². The highest BCUT2D eigenvalue weighted by molar-refractivity contribution is 6.06. The van der Waals surface area contributed by atoms with Crippen LogP contribution in [-0.2, 0) is 6.54 Å². The lowest BCUT2D eigenvalue weighted by atomic mass is 10.00. The van der Waals surface area contributed by atoms with Crippen LogP contribution in [0.25, 0.3) is 0 Å². The fourth-order valence-corrected chi connectivity index (χ4v) is 4.14. The summed E-state index contributed by atoms with van der Waals surface area (Å²) in [5.41, 5.74) is 2.63. The van der Waals surface area contributed by atoms with Crippen molar-refractivity contribution in [2.45, 2.75) is 25.4 Å². The number of rotatable bonds is 6. The number of hydrogen-bond donors (Lipinski definition) is 0. The van der Waals surface area contributed by atoms with Crippen molar-refractivity contribution in [3.8, 4) is 5.75 Å².